The van der Waals surface area contributed by atoms with Crippen LogP contribution in [0.4, 0.5) is 0 Å². The molecular formula is C50H94O64P8. The van der Waals surface area contributed by atoms with Crippen molar-refractivity contribution in [3.63, 3.8) is 0 Å². The molecule has 0 saturated carbocycles. The van der Waals surface area contributed by atoms with Crippen molar-refractivity contribution in [1.82, 2.24) is 0 Å². The first-order chi connectivity index (χ1) is 55.9. The molecule has 39 unspecified atom stereocenters. The van der Waals surface area contributed by atoms with Crippen LogP contribution in [0.3, 0.4) is 0 Å². The molecule has 122 heavy (non-hydrogen) atoms. The van der Waals surface area contributed by atoms with E-state index in [-0.39, 0.29) is 0 Å². The summed E-state index contributed by atoms with van der Waals surface area (Å²) in [6.07, 6.45) is -94.8. The SMILES string of the molecule is COC1OC(COP(=O)(O)O)C(OC2OC(COP(=O)(O)O)C(OC3OC(COP(=O)(O)O)C(OC4OC(COP(=O)(O)O)C(OC5OC(COP(=O)(O)O)C(OC6OC(COP(=O)(O)O)C(OC7OC(COP(=O)(O)O)C(OC8OC(COP(=O)(O)O)[C@@H](C)C(O)C8O)C(O)C7O)C(O)C6O)C(O)C5O)C(O)C4O)C(O)C3O)C(O)C2O)C(O)C1O. The van der Waals surface area contributed by atoms with E-state index in [2.05, 4.69) is 36.2 Å². The van der Waals surface area contributed by atoms with Crippen LogP contribution in [0.15, 0.2) is 0 Å². The van der Waals surface area contributed by atoms with Gasteiger partial charge in [-0.3, -0.25) is 36.2 Å². The van der Waals surface area contributed by atoms with Crippen molar-refractivity contribution in [2.24, 2.45) is 5.92 Å². The van der Waals surface area contributed by atoms with E-state index in [1.807, 2.05) is 0 Å². The largest absolute Gasteiger partial charge is 0.469 e. The van der Waals surface area contributed by atoms with Crippen LogP contribution < -0.4 is 0 Å². The topological polar surface area (TPSA) is 1010 Å². The maximum absolute atomic E-state index is 12.2. The van der Waals surface area contributed by atoms with Gasteiger partial charge in [-0.15, -0.1) is 0 Å². The lowest BCUT2D eigenvalue weighted by molar-refractivity contribution is -0.398. The zero-order valence-electron chi connectivity index (χ0n) is 61.7. The maximum Gasteiger partial charge on any atom is 0.469 e. The Morgan fingerprint density at radius 1 is 0.197 bits per heavy atom. The van der Waals surface area contributed by atoms with Crippen molar-refractivity contribution < 1.29 is 308 Å². The smallest absolute Gasteiger partial charge is 0.390 e. The standard InChI is InChI=1S/C50H94O64P8/c1-11-12(3-92-115(67,68)69)100-44(28(59)20(11)51)108-37-14(5-94-117(73,74)75)102-46(30(61)22(37)53)110-39-16(7-96-119(79,80)81)104-48(32(63)24(39)55)112-41-18(9-98-121(85,86)87)106-50(34(65)26(41)57)114-42-19(10-99-122(88,89)90)107-49(35(66)27(42)58)113-40-17(8-97-120(82,83)84)105-47(33(64)25(40)56)111-38-15(6-95-118(76,77)78)103-45(31(62)23(38)54)109-36-13(4-93-116(70,71)72)101-43(91-2)29(60)21(36)52/h11-66H,3-10H2,1-2H3,(H2,67,68,69)(H2,70,71,72)(H2,73,74,75)(H2,76,77,78)(H2,79,80,81)(H2,82,83,84)(H2,85,86,87)(H2,88,89,90)/t11-,12?,13?,14?,15?,16?,17?,18?,19?,20?,21?,22?,23?,24?,25?,26?,27?,28?,29?,30?,31?,32?,33?,34?,35?,36?,37?,38?,39?,40?,41?,42?,43?,44?,45?,46?,47?,48?,49?,50?/m1/s1. The summed E-state index contributed by atoms with van der Waals surface area (Å²) in [7, 11) is -43.9. The Kier molecular flexibility index (Phi) is 38.0. The third kappa shape index (κ3) is 29.8. The number of phosphoric acid groups is 8. The molecule has 8 aliphatic rings. The average Bonchev–Trinajstić information content (AvgIpc) is 0.775. The number of hydrogen-bond donors (Lipinski definition) is 32. The molecule has 8 saturated heterocycles. The number of aliphatic hydroxyl groups is 16. The summed E-state index contributed by atoms with van der Waals surface area (Å²) in [6.45, 7) is -10.1. The second-order valence-corrected chi connectivity index (χ2v) is 37.7. The van der Waals surface area contributed by atoms with Crippen LogP contribution in [0.1, 0.15) is 6.92 Å². The van der Waals surface area contributed by atoms with E-state index in [4.69, 9.17) is 75.8 Å². The molecule has 32 N–H and O–H groups in total. The van der Waals surface area contributed by atoms with Crippen LogP contribution in [0.2, 0.25) is 0 Å². The van der Waals surface area contributed by atoms with E-state index in [1.54, 1.807) is 0 Å². The fraction of sp³-hybridized carbons (Fsp3) is 1.00. The number of methoxy groups -OCH3 is 1. The van der Waals surface area contributed by atoms with Crippen molar-refractivity contribution >= 4 is 62.6 Å². The highest BCUT2D eigenvalue weighted by Gasteiger charge is 2.61. The fourth-order valence-corrected chi connectivity index (χ4v) is 15.9. The lowest BCUT2D eigenvalue weighted by atomic mass is 9.91. The summed E-state index contributed by atoms with van der Waals surface area (Å²) in [5, 5.41) is 183. The van der Waals surface area contributed by atoms with Gasteiger partial charge in [0.15, 0.2) is 50.3 Å². The van der Waals surface area contributed by atoms with E-state index >= 15 is 0 Å². The molecule has 0 amide bonds. The fourth-order valence-electron chi connectivity index (χ4n) is 13.1. The molecule has 8 heterocycles. The van der Waals surface area contributed by atoms with Crippen molar-refractivity contribution in [2.75, 3.05) is 60.0 Å². The molecule has 40 atom stereocenters. The highest BCUT2D eigenvalue weighted by atomic mass is 31.2. The van der Waals surface area contributed by atoms with Gasteiger partial charge in [-0.05, 0) is 0 Å². The van der Waals surface area contributed by atoms with Crippen molar-refractivity contribution in [1.29, 1.82) is 0 Å². The summed E-state index contributed by atoms with van der Waals surface area (Å²) >= 11 is 0. The Morgan fingerprint density at radius 3 is 0.467 bits per heavy atom. The Hall–Kier alpha value is -0.400. The molecule has 8 fully saturated rings. The summed E-state index contributed by atoms with van der Waals surface area (Å²) in [5.74, 6) is -1.20. The van der Waals surface area contributed by atoms with E-state index in [0.717, 1.165) is 7.11 Å². The predicted molar refractivity (Wildman–Crippen MR) is 360 cm³/mol. The minimum atomic E-state index is -5.78. The van der Waals surface area contributed by atoms with E-state index in [1.165, 1.54) is 6.92 Å². The number of ether oxygens (including phenoxy) is 16. The van der Waals surface area contributed by atoms with Crippen LogP contribution in [0, 0.1) is 5.92 Å². The summed E-state index contributed by atoms with van der Waals surface area (Å²) in [5.41, 5.74) is 0. The number of rotatable bonds is 39. The van der Waals surface area contributed by atoms with Crippen molar-refractivity contribution in [3.8, 4) is 0 Å². The molecule has 0 aromatic carbocycles. The molecule has 0 aliphatic carbocycles. The van der Waals surface area contributed by atoms with Crippen LogP contribution in [0.5, 0.6) is 0 Å². The Bertz CT molecular complexity index is 3670. The highest BCUT2D eigenvalue weighted by Crippen LogP contribution is 2.48. The third-order valence-electron chi connectivity index (χ3n) is 19.1. The van der Waals surface area contributed by atoms with Gasteiger partial charge in [0.05, 0.1) is 65.1 Å². The summed E-state index contributed by atoms with van der Waals surface area (Å²) < 4.78 is 221. The van der Waals surface area contributed by atoms with Gasteiger partial charge in [0.25, 0.3) is 0 Å². The van der Waals surface area contributed by atoms with E-state index < -0.39 is 361 Å². The normalized spacial score (nSPS) is 43.5. The molecule has 8 aliphatic heterocycles. The third-order valence-corrected chi connectivity index (χ3v) is 23.0. The first kappa shape index (κ1) is 107. The molecule has 0 aromatic rings. The quantitative estimate of drug-likeness (QED) is 0.0254. The molecule has 64 nitrogen and oxygen atoms in total. The number of hydrogen-bond acceptors (Lipinski definition) is 48. The van der Waals surface area contributed by atoms with Crippen LogP contribution in [0.25, 0.3) is 0 Å². The Morgan fingerprint density at radius 2 is 0.320 bits per heavy atom. The molecule has 8 rings (SSSR count). The zero-order valence-corrected chi connectivity index (χ0v) is 68.9. The highest BCUT2D eigenvalue weighted by molar-refractivity contribution is 7.48. The molecule has 0 radical (unpaired) electrons. The predicted octanol–water partition coefficient (Wildman–Crippen LogP) is -15.6. The number of phosphoric ester groups is 8. The molecular weight excluding hydrogens is 1870 g/mol. The number of aliphatic hydroxyl groups excluding tert-OH is 16. The molecule has 0 spiro atoms. The van der Waals surface area contributed by atoms with Gasteiger partial charge in [0.2, 0.25) is 0 Å². The van der Waals surface area contributed by atoms with Gasteiger partial charge in [0, 0.05) is 13.0 Å². The van der Waals surface area contributed by atoms with E-state index in [0.29, 0.717) is 0 Å². The second-order valence-electron chi connectivity index (χ2n) is 27.8. The van der Waals surface area contributed by atoms with Crippen LogP contribution in [-0.4, -0.2) is 460 Å². The van der Waals surface area contributed by atoms with Gasteiger partial charge < -0.3 is 236 Å². The zero-order chi connectivity index (χ0) is 91.7. The minimum absolute atomic E-state index is 0.952. The monoisotopic (exact) mass is 1970 g/mol. The van der Waals surface area contributed by atoms with Gasteiger partial charge in [-0.1, -0.05) is 6.92 Å². The van der Waals surface area contributed by atoms with Crippen LogP contribution in [-0.2, 0) is 149 Å². The van der Waals surface area contributed by atoms with Crippen molar-refractivity contribution in [3.05, 3.63) is 0 Å². The van der Waals surface area contributed by atoms with Gasteiger partial charge in [-0.2, -0.15) is 0 Å². The molecule has 0 aromatic heterocycles. The van der Waals surface area contributed by atoms with Crippen LogP contribution >= 0.6 is 62.6 Å². The maximum atomic E-state index is 12.2. The molecule has 718 valence electrons. The Balaban J connectivity index is 1.01. The lowest BCUT2D eigenvalue weighted by Crippen LogP contribution is -2.68. The molecule has 0 bridgehead atoms. The summed E-state index contributed by atoms with van der Waals surface area (Å²) in [4.78, 5) is 154. The van der Waals surface area contributed by atoms with Gasteiger partial charge in [-0.25, -0.2) is 36.5 Å². The summed E-state index contributed by atoms with van der Waals surface area (Å²) in [6, 6.07) is 0. The lowest BCUT2D eigenvalue weighted by Gasteiger charge is -2.50. The second kappa shape index (κ2) is 43.3. The minimum Gasteiger partial charge on any atom is -0.390 e. The first-order valence-corrected chi connectivity index (χ1v) is 47.0. The van der Waals surface area contributed by atoms with Gasteiger partial charge in [0.1, 0.15) is 177 Å². The Labute approximate surface area is 681 Å². The van der Waals surface area contributed by atoms with E-state index in [9.17, 15) is 197 Å². The average molecular weight is 1970 g/mol. The first-order valence-electron chi connectivity index (χ1n) is 34.8. The van der Waals surface area contributed by atoms with Gasteiger partial charge >= 0.3 is 62.6 Å². The van der Waals surface area contributed by atoms with Crippen molar-refractivity contribution in [2.45, 2.75) is 246 Å². The molecule has 72 heteroatoms.